The lowest BCUT2D eigenvalue weighted by atomic mass is 10.2. The quantitative estimate of drug-likeness (QED) is 0.623. The fourth-order valence-electron chi connectivity index (χ4n) is 1.23. The summed E-state index contributed by atoms with van der Waals surface area (Å²) in [5.41, 5.74) is 0.849. The SMILES string of the molecule is CCOC(=O)C(=O)NCc1cccc(OC)c1. The lowest BCUT2D eigenvalue weighted by Crippen LogP contribution is -2.32. The second kappa shape index (κ2) is 6.52. The van der Waals surface area contributed by atoms with Gasteiger partial charge in [0.25, 0.3) is 0 Å². The Morgan fingerprint density at radius 2 is 2.12 bits per heavy atom. The van der Waals surface area contributed by atoms with Crippen molar-refractivity contribution in [3.05, 3.63) is 29.8 Å². The smallest absolute Gasteiger partial charge is 0.396 e. The van der Waals surface area contributed by atoms with Gasteiger partial charge in [-0.1, -0.05) is 12.1 Å². The largest absolute Gasteiger partial charge is 0.497 e. The zero-order valence-electron chi connectivity index (χ0n) is 9.86. The van der Waals surface area contributed by atoms with Crippen LogP contribution in [0.5, 0.6) is 5.75 Å². The van der Waals surface area contributed by atoms with E-state index in [1.54, 1.807) is 26.2 Å². The molecular weight excluding hydrogens is 222 g/mol. The maximum Gasteiger partial charge on any atom is 0.396 e. The van der Waals surface area contributed by atoms with Crippen molar-refractivity contribution in [2.75, 3.05) is 13.7 Å². The highest BCUT2D eigenvalue weighted by atomic mass is 16.5. The summed E-state index contributed by atoms with van der Waals surface area (Å²) >= 11 is 0. The molecule has 0 saturated heterocycles. The standard InChI is InChI=1S/C12H15NO4/c1-3-17-12(15)11(14)13-8-9-5-4-6-10(7-9)16-2/h4-7H,3,8H2,1-2H3,(H,13,14). The Balaban J connectivity index is 2.49. The van der Waals surface area contributed by atoms with E-state index in [9.17, 15) is 9.59 Å². The third-order valence-corrected chi connectivity index (χ3v) is 2.05. The molecule has 5 heteroatoms. The van der Waals surface area contributed by atoms with E-state index in [1.807, 2.05) is 12.1 Å². The average molecular weight is 237 g/mol. The van der Waals surface area contributed by atoms with E-state index in [0.717, 1.165) is 5.56 Å². The predicted octanol–water partition coefficient (Wildman–Crippen LogP) is 0.874. The molecule has 1 N–H and O–H groups in total. The Kier molecular flexibility index (Phi) is 5.00. The van der Waals surface area contributed by atoms with Crippen LogP contribution in [0.15, 0.2) is 24.3 Å². The van der Waals surface area contributed by atoms with E-state index in [4.69, 9.17) is 4.74 Å². The first-order chi connectivity index (χ1) is 8.17. The molecule has 0 saturated carbocycles. The summed E-state index contributed by atoms with van der Waals surface area (Å²) in [5, 5.41) is 2.47. The second-order valence-corrected chi connectivity index (χ2v) is 3.25. The van der Waals surface area contributed by atoms with E-state index in [0.29, 0.717) is 5.75 Å². The molecule has 0 aliphatic rings. The number of methoxy groups -OCH3 is 1. The number of nitrogens with one attached hydrogen (secondary N) is 1. The molecule has 0 aliphatic carbocycles. The van der Waals surface area contributed by atoms with Crippen molar-refractivity contribution in [2.45, 2.75) is 13.5 Å². The first-order valence-electron chi connectivity index (χ1n) is 5.25. The van der Waals surface area contributed by atoms with Crippen LogP contribution in [0.2, 0.25) is 0 Å². The zero-order valence-corrected chi connectivity index (χ0v) is 9.86. The van der Waals surface area contributed by atoms with Crippen LogP contribution in [-0.4, -0.2) is 25.6 Å². The van der Waals surface area contributed by atoms with Crippen molar-refractivity contribution < 1.29 is 19.1 Å². The fourth-order valence-corrected chi connectivity index (χ4v) is 1.23. The van der Waals surface area contributed by atoms with Crippen molar-refractivity contribution in [1.82, 2.24) is 5.32 Å². The molecule has 0 heterocycles. The molecule has 1 aromatic rings. The highest BCUT2D eigenvalue weighted by Gasteiger charge is 2.13. The summed E-state index contributed by atoms with van der Waals surface area (Å²) in [7, 11) is 1.57. The number of ether oxygens (including phenoxy) is 2. The molecular formula is C12H15NO4. The number of carbonyl (C=O) groups is 2. The molecule has 1 amide bonds. The van der Waals surface area contributed by atoms with Crippen molar-refractivity contribution in [2.24, 2.45) is 0 Å². The molecule has 17 heavy (non-hydrogen) atoms. The van der Waals surface area contributed by atoms with Gasteiger partial charge in [0.2, 0.25) is 0 Å². The normalized spacial score (nSPS) is 9.53. The highest BCUT2D eigenvalue weighted by molar-refractivity contribution is 6.32. The third kappa shape index (κ3) is 4.14. The van der Waals surface area contributed by atoms with Crippen molar-refractivity contribution in [3.63, 3.8) is 0 Å². The van der Waals surface area contributed by atoms with Crippen LogP contribution in [0.3, 0.4) is 0 Å². The number of hydrogen-bond donors (Lipinski definition) is 1. The fraction of sp³-hybridized carbons (Fsp3) is 0.333. The van der Waals surface area contributed by atoms with Gasteiger partial charge in [0, 0.05) is 6.54 Å². The number of hydrogen-bond acceptors (Lipinski definition) is 4. The Labute approximate surface area is 99.7 Å². The van der Waals surface area contributed by atoms with Gasteiger partial charge in [-0.2, -0.15) is 0 Å². The minimum absolute atomic E-state index is 0.186. The maximum absolute atomic E-state index is 11.2. The lowest BCUT2D eigenvalue weighted by Gasteiger charge is -2.06. The maximum atomic E-state index is 11.2. The van der Waals surface area contributed by atoms with Gasteiger partial charge in [-0.05, 0) is 24.6 Å². The predicted molar refractivity (Wildman–Crippen MR) is 61.5 cm³/mol. The lowest BCUT2D eigenvalue weighted by molar-refractivity contribution is -0.154. The summed E-state index contributed by atoms with van der Waals surface area (Å²) in [5.74, 6) is -0.905. The molecule has 0 fully saturated rings. The number of carbonyl (C=O) groups excluding carboxylic acids is 2. The monoisotopic (exact) mass is 237 g/mol. The van der Waals surface area contributed by atoms with Gasteiger partial charge in [-0.15, -0.1) is 0 Å². The van der Waals surface area contributed by atoms with Gasteiger partial charge < -0.3 is 14.8 Å². The molecule has 5 nitrogen and oxygen atoms in total. The molecule has 0 bridgehead atoms. The van der Waals surface area contributed by atoms with Crippen LogP contribution in [0.25, 0.3) is 0 Å². The van der Waals surface area contributed by atoms with Gasteiger partial charge in [0.05, 0.1) is 13.7 Å². The third-order valence-electron chi connectivity index (χ3n) is 2.05. The van der Waals surface area contributed by atoms with Crippen LogP contribution in [0, 0.1) is 0 Å². The second-order valence-electron chi connectivity index (χ2n) is 3.25. The van der Waals surface area contributed by atoms with Gasteiger partial charge in [0.1, 0.15) is 5.75 Å². The summed E-state index contributed by atoms with van der Waals surface area (Å²) in [4.78, 5) is 22.3. The zero-order chi connectivity index (χ0) is 12.7. The number of benzene rings is 1. The molecule has 92 valence electrons. The summed E-state index contributed by atoms with van der Waals surface area (Å²) in [6, 6.07) is 7.22. The number of rotatable bonds is 4. The van der Waals surface area contributed by atoms with E-state index in [-0.39, 0.29) is 13.2 Å². The summed E-state index contributed by atoms with van der Waals surface area (Å²) < 4.78 is 9.60. The van der Waals surface area contributed by atoms with Crippen molar-refractivity contribution in [1.29, 1.82) is 0 Å². The topological polar surface area (TPSA) is 64.6 Å². The molecule has 0 spiro atoms. The Morgan fingerprint density at radius 1 is 1.35 bits per heavy atom. The van der Waals surface area contributed by atoms with Crippen LogP contribution < -0.4 is 10.1 Å². The summed E-state index contributed by atoms with van der Waals surface area (Å²) in [6.07, 6.45) is 0. The van der Waals surface area contributed by atoms with Gasteiger partial charge in [-0.25, -0.2) is 4.79 Å². The van der Waals surface area contributed by atoms with Crippen LogP contribution in [0.4, 0.5) is 0 Å². The average Bonchev–Trinajstić information content (AvgIpc) is 2.36. The van der Waals surface area contributed by atoms with Gasteiger partial charge in [-0.3, -0.25) is 4.79 Å². The molecule has 0 aromatic heterocycles. The van der Waals surface area contributed by atoms with Crippen molar-refractivity contribution >= 4 is 11.9 Å². The van der Waals surface area contributed by atoms with Gasteiger partial charge in [0.15, 0.2) is 0 Å². The number of esters is 1. The van der Waals surface area contributed by atoms with E-state index >= 15 is 0 Å². The van der Waals surface area contributed by atoms with Crippen LogP contribution in [-0.2, 0) is 20.9 Å². The first kappa shape index (κ1) is 13.0. The molecule has 0 radical (unpaired) electrons. The molecule has 1 aromatic carbocycles. The van der Waals surface area contributed by atoms with Crippen LogP contribution >= 0.6 is 0 Å². The minimum Gasteiger partial charge on any atom is -0.497 e. The van der Waals surface area contributed by atoms with E-state index < -0.39 is 11.9 Å². The Hall–Kier alpha value is -2.04. The molecule has 1 rings (SSSR count). The number of amides is 1. The minimum atomic E-state index is -0.865. The summed E-state index contributed by atoms with van der Waals surface area (Å²) in [6.45, 7) is 2.09. The van der Waals surface area contributed by atoms with E-state index in [1.165, 1.54) is 0 Å². The molecule has 0 unspecified atom stereocenters. The Morgan fingerprint density at radius 3 is 2.76 bits per heavy atom. The van der Waals surface area contributed by atoms with Crippen molar-refractivity contribution in [3.8, 4) is 5.75 Å². The molecule has 0 aliphatic heterocycles. The first-order valence-corrected chi connectivity index (χ1v) is 5.25. The Bertz CT molecular complexity index is 403. The van der Waals surface area contributed by atoms with Crippen LogP contribution in [0.1, 0.15) is 12.5 Å². The van der Waals surface area contributed by atoms with E-state index in [2.05, 4.69) is 10.1 Å². The van der Waals surface area contributed by atoms with Gasteiger partial charge >= 0.3 is 11.9 Å². The molecule has 0 atom stereocenters. The highest BCUT2D eigenvalue weighted by Crippen LogP contribution is 2.11.